The van der Waals surface area contributed by atoms with Crippen LogP contribution in [-0.4, -0.2) is 86.1 Å². The van der Waals surface area contributed by atoms with Gasteiger partial charge < -0.3 is 39.9 Å². The summed E-state index contributed by atoms with van der Waals surface area (Å²) in [4.78, 5) is 46.6. The molecular weight excluding hydrogens is 773 g/mol. The number of amides is 2. The Kier molecular flexibility index (Phi) is 16.3. The number of nitrogens with two attached hydrogens (primary N) is 2. The van der Waals surface area contributed by atoms with Gasteiger partial charge in [-0.05, 0) is 127 Å². The molecule has 6 heterocycles. The van der Waals surface area contributed by atoms with Gasteiger partial charge in [-0.1, -0.05) is 0 Å². The lowest BCUT2D eigenvalue weighted by Gasteiger charge is -2.24. The van der Waals surface area contributed by atoms with Gasteiger partial charge >= 0.3 is 6.16 Å². The number of pyridine rings is 2. The zero-order chi connectivity index (χ0) is 42.3. The number of carbonyl (C=O) groups excluding carboxylic acids is 3. The van der Waals surface area contributed by atoms with Gasteiger partial charge in [0, 0.05) is 25.6 Å². The van der Waals surface area contributed by atoms with E-state index in [0.29, 0.717) is 63.2 Å². The average Bonchev–Trinajstić information content (AvgIpc) is 3.95. The molecule has 2 saturated heterocycles. The number of aromatic nitrogens is 6. The maximum absolute atomic E-state index is 12.8. The highest BCUT2D eigenvalue weighted by molar-refractivity contribution is 5.78. The first kappa shape index (κ1) is 44.0. The van der Waals surface area contributed by atoms with Crippen molar-refractivity contribution in [2.45, 2.75) is 116 Å². The van der Waals surface area contributed by atoms with Crippen LogP contribution in [0.5, 0.6) is 11.5 Å². The summed E-state index contributed by atoms with van der Waals surface area (Å²) >= 11 is 0. The third-order valence-electron chi connectivity index (χ3n) is 11.0. The van der Waals surface area contributed by atoms with Gasteiger partial charge in [0.05, 0.1) is 60.2 Å². The largest absolute Gasteiger partial charge is 0.508 e. The van der Waals surface area contributed by atoms with E-state index in [1.165, 1.54) is 0 Å². The molecule has 0 radical (unpaired) electrons. The minimum absolute atomic E-state index is 0.0875. The summed E-state index contributed by atoms with van der Waals surface area (Å²) in [6.07, 6.45) is 13.3. The Labute approximate surface area is 350 Å². The molecule has 4 aromatic rings. The van der Waals surface area contributed by atoms with Crippen molar-refractivity contribution in [1.29, 1.82) is 0 Å². The Morgan fingerprint density at radius 1 is 0.667 bits per heavy atom. The summed E-state index contributed by atoms with van der Waals surface area (Å²) in [7, 11) is 0. The molecule has 2 aliphatic rings. The molecule has 0 aliphatic carbocycles. The van der Waals surface area contributed by atoms with Gasteiger partial charge in [0.15, 0.2) is 12.5 Å². The summed E-state index contributed by atoms with van der Waals surface area (Å²) in [5.41, 5.74) is 14.7. The zero-order valence-electron chi connectivity index (χ0n) is 34.6. The number of hydrogen-bond donors (Lipinski definition) is 2. The third kappa shape index (κ3) is 12.3. The first-order valence-corrected chi connectivity index (χ1v) is 21.1. The van der Waals surface area contributed by atoms with Crippen molar-refractivity contribution in [2.24, 2.45) is 23.3 Å². The van der Waals surface area contributed by atoms with E-state index in [9.17, 15) is 14.4 Å². The lowest BCUT2D eigenvalue weighted by atomic mass is 9.96. The lowest BCUT2D eigenvalue weighted by Crippen LogP contribution is -2.38. The number of hydrogen-bond acceptors (Lipinski definition) is 13. The maximum Gasteiger partial charge on any atom is 0.508 e. The highest BCUT2D eigenvalue weighted by atomic mass is 16.7. The molecule has 2 amide bonds. The van der Waals surface area contributed by atoms with E-state index in [4.69, 9.17) is 39.9 Å². The van der Waals surface area contributed by atoms with Crippen molar-refractivity contribution in [3.63, 3.8) is 0 Å². The van der Waals surface area contributed by atoms with Crippen LogP contribution in [0, 0.1) is 11.8 Å². The molecule has 6 rings (SSSR count). The Bertz CT molecular complexity index is 1800. The predicted octanol–water partition coefficient (Wildman–Crippen LogP) is 6.53. The Balaban J connectivity index is 0.866. The van der Waals surface area contributed by atoms with Crippen molar-refractivity contribution < 1.29 is 42.8 Å². The van der Waals surface area contributed by atoms with E-state index in [2.05, 4.69) is 20.2 Å². The molecule has 4 aromatic heterocycles. The van der Waals surface area contributed by atoms with Gasteiger partial charge in [0.2, 0.25) is 11.8 Å². The SMILES string of the molecule is CC(OC(=O)OC(C)C(CCCCOc1ccc(-c2ccnn2C2CCCCO2)nc1)C(N)=O)C(CCCCOc1ccc(-c2ccnn2C2CCCCO2)nc1)C(N)=O. The average molecular weight is 831 g/mol. The summed E-state index contributed by atoms with van der Waals surface area (Å²) in [5, 5.41) is 8.91. The molecule has 60 heavy (non-hydrogen) atoms. The summed E-state index contributed by atoms with van der Waals surface area (Å²) in [6, 6.07) is 11.3. The summed E-state index contributed by atoms with van der Waals surface area (Å²) < 4.78 is 38.2. The van der Waals surface area contributed by atoms with E-state index in [0.717, 1.165) is 74.5 Å². The van der Waals surface area contributed by atoms with Crippen LogP contribution in [0.1, 0.15) is 103 Å². The maximum atomic E-state index is 12.8. The second-order valence-corrected chi connectivity index (χ2v) is 15.3. The molecule has 2 aliphatic heterocycles. The topological polar surface area (TPSA) is 220 Å². The Morgan fingerprint density at radius 2 is 1.12 bits per heavy atom. The summed E-state index contributed by atoms with van der Waals surface area (Å²) in [5.74, 6) is -1.45. The fourth-order valence-corrected chi connectivity index (χ4v) is 7.59. The molecule has 0 spiro atoms. The molecular formula is C43H58N8O9. The fourth-order valence-electron chi connectivity index (χ4n) is 7.59. The van der Waals surface area contributed by atoms with Crippen LogP contribution in [0.4, 0.5) is 4.79 Å². The minimum Gasteiger partial charge on any atom is -0.492 e. The normalized spacial score (nSPS) is 18.8. The number of carbonyl (C=O) groups is 3. The fraction of sp³-hybridized carbons (Fsp3) is 0.558. The zero-order valence-corrected chi connectivity index (χ0v) is 34.6. The van der Waals surface area contributed by atoms with Crippen LogP contribution >= 0.6 is 0 Å². The standard InChI is InChI=1S/C43H58N8O9/c1-29(33(41(44)52)11-3-7-23-55-31-15-17-35(46-27-31)37-19-21-48-50(37)39-13-5-9-25-57-39)59-43(54)60-30(2)34(42(45)53)12-4-8-24-56-32-16-18-36(47-28-32)38-20-22-49-51(38)40-14-6-10-26-58-40/h15-22,27-30,33-34,39-40H,3-14,23-26H2,1-2H3,(H2,44,52)(H2,45,53). The van der Waals surface area contributed by atoms with Crippen LogP contribution in [0.2, 0.25) is 0 Å². The van der Waals surface area contributed by atoms with Gasteiger partial charge in [-0.25, -0.2) is 14.2 Å². The first-order chi connectivity index (χ1) is 29.2. The molecule has 0 bridgehead atoms. The van der Waals surface area contributed by atoms with Gasteiger partial charge in [-0.15, -0.1) is 0 Å². The second-order valence-electron chi connectivity index (χ2n) is 15.3. The van der Waals surface area contributed by atoms with Gasteiger partial charge in [0.1, 0.15) is 23.7 Å². The number of nitrogens with zero attached hydrogens (tertiary/aromatic N) is 6. The van der Waals surface area contributed by atoms with Gasteiger partial charge in [0.25, 0.3) is 0 Å². The van der Waals surface area contributed by atoms with Crippen LogP contribution in [0.3, 0.4) is 0 Å². The number of rotatable bonds is 22. The third-order valence-corrected chi connectivity index (χ3v) is 11.0. The molecule has 6 unspecified atom stereocenters. The second kappa shape index (κ2) is 22.2. The van der Waals surface area contributed by atoms with Gasteiger partial charge in [-0.3, -0.25) is 19.6 Å². The van der Waals surface area contributed by atoms with Gasteiger partial charge in [-0.2, -0.15) is 10.2 Å². The highest BCUT2D eigenvalue weighted by Crippen LogP contribution is 2.30. The Morgan fingerprint density at radius 3 is 1.48 bits per heavy atom. The van der Waals surface area contributed by atoms with Crippen molar-refractivity contribution in [3.8, 4) is 34.3 Å². The molecule has 2 fully saturated rings. The van der Waals surface area contributed by atoms with Crippen molar-refractivity contribution >= 4 is 18.0 Å². The van der Waals surface area contributed by atoms with Crippen LogP contribution < -0.4 is 20.9 Å². The molecule has 324 valence electrons. The summed E-state index contributed by atoms with van der Waals surface area (Å²) in [6.45, 7) is 5.42. The Hall–Kier alpha value is -5.55. The predicted molar refractivity (Wildman–Crippen MR) is 219 cm³/mol. The lowest BCUT2D eigenvalue weighted by molar-refractivity contribution is -0.127. The van der Waals surface area contributed by atoms with E-state index in [-0.39, 0.29) is 12.5 Å². The molecule has 0 saturated carbocycles. The monoisotopic (exact) mass is 830 g/mol. The van der Waals surface area contributed by atoms with E-state index < -0.39 is 42.0 Å². The number of unbranched alkanes of at least 4 members (excludes halogenated alkanes) is 2. The van der Waals surface area contributed by atoms with Crippen LogP contribution in [-0.2, 0) is 28.5 Å². The molecule has 6 atom stereocenters. The minimum atomic E-state index is -1.00. The van der Waals surface area contributed by atoms with E-state index in [1.807, 2.05) is 45.8 Å². The quantitative estimate of drug-likeness (QED) is 0.0636. The molecule has 17 heteroatoms. The molecule has 4 N–H and O–H groups in total. The first-order valence-electron chi connectivity index (χ1n) is 21.1. The van der Waals surface area contributed by atoms with Crippen molar-refractivity contribution in [3.05, 3.63) is 61.2 Å². The van der Waals surface area contributed by atoms with Crippen molar-refractivity contribution in [2.75, 3.05) is 26.4 Å². The van der Waals surface area contributed by atoms with E-state index in [1.54, 1.807) is 38.6 Å². The molecule has 0 aromatic carbocycles. The van der Waals surface area contributed by atoms with E-state index >= 15 is 0 Å². The van der Waals surface area contributed by atoms with Crippen molar-refractivity contribution in [1.82, 2.24) is 29.5 Å². The van der Waals surface area contributed by atoms with Crippen LogP contribution in [0.25, 0.3) is 22.8 Å². The van der Waals surface area contributed by atoms with Crippen LogP contribution in [0.15, 0.2) is 61.2 Å². The smallest absolute Gasteiger partial charge is 0.492 e. The number of primary amides is 2. The highest BCUT2D eigenvalue weighted by Gasteiger charge is 2.30. The number of ether oxygens (including phenoxy) is 6. The molecule has 17 nitrogen and oxygen atoms in total.